The molecule has 0 aromatic carbocycles. The molecule has 19 heteroatoms. The molecule has 2 aliphatic heterocycles. The molecular weight excluding hydrogens is 692 g/mol. The molecule has 2 aliphatic rings. The second-order valence-electron chi connectivity index (χ2n) is 13.0. The third-order valence-electron chi connectivity index (χ3n) is 8.63. The number of carbonyl (C=O) groups excluding carboxylic acids is 5. The molecule has 0 aromatic heterocycles. The van der Waals surface area contributed by atoms with Crippen LogP contribution in [0.1, 0.15) is 78.6 Å². The van der Waals surface area contributed by atoms with Crippen molar-refractivity contribution >= 4 is 29.5 Å². The summed E-state index contributed by atoms with van der Waals surface area (Å²) in [5.74, 6) is -1.76. The first kappa shape index (κ1) is 45.3. The summed E-state index contributed by atoms with van der Waals surface area (Å²) in [6.45, 7) is 4.01. The predicted octanol–water partition coefficient (Wildman–Crippen LogP) is -2.61. The molecule has 2 heterocycles. The Labute approximate surface area is 303 Å². The number of hydrogen-bond acceptors (Lipinski definition) is 17. The summed E-state index contributed by atoms with van der Waals surface area (Å²) < 4.78 is 32.1. The van der Waals surface area contributed by atoms with Gasteiger partial charge < -0.3 is 70.9 Å². The molecule has 300 valence electrons. The monoisotopic (exact) mass is 750 g/mol. The topological polar surface area (TPSA) is 298 Å². The van der Waals surface area contributed by atoms with Crippen molar-refractivity contribution in [3.05, 3.63) is 0 Å². The molecule has 2 amide bonds. The van der Waals surface area contributed by atoms with E-state index in [1.165, 1.54) is 20.8 Å². The highest BCUT2D eigenvalue weighted by atomic mass is 16.7. The van der Waals surface area contributed by atoms with Gasteiger partial charge in [-0.3, -0.25) is 24.0 Å². The number of nitrogens with one attached hydrogen (secondary N) is 2. The van der Waals surface area contributed by atoms with Crippen LogP contribution in [0.15, 0.2) is 0 Å². The number of nitrogens with two attached hydrogens (primary N) is 2. The SMILES string of the molecule is CC(=O)OCC1O[C@@H](OCCCCC(=O)NCCCCC(NC(=O)CCCCO[C@@H]2OC(COC(C)=O)[C@H](O)C(O)[C@@H]2N)C(C)=O)[C@@H](N)C(O)[C@H]1O. The molecule has 5 unspecified atom stereocenters. The standard InChI is InChI=1S/C33H58N4O15/c1-18(38)21(37-25(42)12-6-9-15-48-33-27(35)31(46)29(44)23(52-33)17-50-20(3)40)10-4-7-13-36-24(41)11-5-8-14-47-32-26(34)30(45)28(43)22(51-32)16-49-19(2)39/h21-23,26-33,43-46H,4-17,34-35H2,1-3H3,(H,36,41)(H,37,42)/t21?,22?,23?,26-,27-,28-,29-,30?,31?,32+,33+/m0/s1. The average Bonchev–Trinajstić information content (AvgIpc) is 3.09. The van der Waals surface area contributed by atoms with E-state index < -0.39 is 79.3 Å². The highest BCUT2D eigenvalue weighted by Gasteiger charge is 2.44. The molecule has 52 heavy (non-hydrogen) atoms. The summed E-state index contributed by atoms with van der Waals surface area (Å²) in [4.78, 5) is 59.0. The quantitative estimate of drug-likeness (QED) is 0.0392. The first-order valence-corrected chi connectivity index (χ1v) is 17.7. The van der Waals surface area contributed by atoms with Gasteiger partial charge in [-0.15, -0.1) is 0 Å². The normalized spacial score (nSPS) is 29.5. The van der Waals surface area contributed by atoms with E-state index in [0.717, 1.165) is 0 Å². The Morgan fingerprint density at radius 2 is 1.12 bits per heavy atom. The molecule has 0 saturated carbocycles. The summed E-state index contributed by atoms with van der Waals surface area (Å²) in [7, 11) is 0. The number of rotatable bonds is 23. The third-order valence-corrected chi connectivity index (χ3v) is 8.63. The van der Waals surface area contributed by atoms with Gasteiger partial charge in [-0.2, -0.15) is 0 Å². The molecule has 2 saturated heterocycles. The van der Waals surface area contributed by atoms with Gasteiger partial charge in [-0.1, -0.05) is 0 Å². The molecule has 0 bridgehead atoms. The van der Waals surface area contributed by atoms with Crippen LogP contribution < -0.4 is 22.1 Å². The zero-order chi connectivity index (χ0) is 38.8. The number of unbranched alkanes of at least 4 members (excludes halogenated alkanes) is 3. The lowest BCUT2D eigenvalue weighted by Gasteiger charge is -2.40. The Morgan fingerprint density at radius 1 is 0.654 bits per heavy atom. The minimum absolute atomic E-state index is 0.143. The van der Waals surface area contributed by atoms with Gasteiger partial charge in [0.15, 0.2) is 18.4 Å². The van der Waals surface area contributed by atoms with Crippen molar-refractivity contribution in [2.45, 2.75) is 146 Å². The van der Waals surface area contributed by atoms with Crippen LogP contribution in [-0.4, -0.2) is 150 Å². The maximum Gasteiger partial charge on any atom is 0.302 e. The van der Waals surface area contributed by atoms with Crippen LogP contribution in [0.25, 0.3) is 0 Å². The van der Waals surface area contributed by atoms with Crippen LogP contribution in [0, 0.1) is 0 Å². The number of carbonyl (C=O) groups is 5. The Morgan fingerprint density at radius 3 is 1.56 bits per heavy atom. The van der Waals surface area contributed by atoms with Crippen LogP contribution in [0.3, 0.4) is 0 Å². The number of esters is 2. The van der Waals surface area contributed by atoms with Crippen LogP contribution in [0.4, 0.5) is 0 Å². The molecule has 19 nitrogen and oxygen atoms in total. The van der Waals surface area contributed by atoms with E-state index >= 15 is 0 Å². The van der Waals surface area contributed by atoms with E-state index in [9.17, 15) is 44.4 Å². The maximum absolute atomic E-state index is 12.5. The highest BCUT2D eigenvalue weighted by molar-refractivity contribution is 5.87. The number of aliphatic hydroxyl groups excluding tert-OH is 4. The molecule has 0 spiro atoms. The lowest BCUT2D eigenvalue weighted by molar-refractivity contribution is -0.267. The number of amides is 2. The Balaban J connectivity index is 1.56. The summed E-state index contributed by atoms with van der Waals surface area (Å²) in [5, 5.41) is 46.2. The third kappa shape index (κ3) is 16.0. The summed E-state index contributed by atoms with van der Waals surface area (Å²) >= 11 is 0. The summed E-state index contributed by atoms with van der Waals surface area (Å²) in [6, 6.07) is -2.70. The Bertz CT molecular complexity index is 1130. The lowest BCUT2D eigenvalue weighted by Crippen LogP contribution is -2.62. The first-order chi connectivity index (χ1) is 24.6. The minimum Gasteiger partial charge on any atom is -0.463 e. The first-order valence-electron chi connectivity index (χ1n) is 17.7. The van der Waals surface area contributed by atoms with Crippen LogP contribution in [0.2, 0.25) is 0 Å². The zero-order valence-corrected chi connectivity index (χ0v) is 30.2. The van der Waals surface area contributed by atoms with Crippen LogP contribution in [-0.2, 0) is 52.4 Å². The fourth-order valence-electron chi connectivity index (χ4n) is 5.49. The molecular formula is C33H58N4O15. The number of hydrogen-bond donors (Lipinski definition) is 8. The van der Waals surface area contributed by atoms with E-state index in [1.54, 1.807) is 0 Å². The van der Waals surface area contributed by atoms with E-state index in [-0.39, 0.29) is 56.9 Å². The zero-order valence-electron chi connectivity index (χ0n) is 30.2. The molecule has 2 rings (SSSR count). The van der Waals surface area contributed by atoms with Crippen molar-refractivity contribution in [2.75, 3.05) is 33.0 Å². The van der Waals surface area contributed by atoms with Crippen molar-refractivity contribution < 1.29 is 72.8 Å². The molecule has 0 radical (unpaired) electrons. The van der Waals surface area contributed by atoms with Crippen molar-refractivity contribution in [2.24, 2.45) is 11.5 Å². The molecule has 0 aliphatic carbocycles. The molecule has 2 fully saturated rings. The summed E-state index contributed by atoms with van der Waals surface area (Å²) in [5.41, 5.74) is 11.8. The number of Topliss-reactive ketones (excluding diaryl/α,β-unsaturated/α-hetero) is 1. The number of ether oxygens (including phenoxy) is 6. The van der Waals surface area contributed by atoms with Crippen molar-refractivity contribution in [3.63, 3.8) is 0 Å². The van der Waals surface area contributed by atoms with E-state index in [4.69, 9.17) is 39.9 Å². The fourth-order valence-corrected chi connectivity index (χ4v) is 5.49. The van der Waals surface area contributed by atoms with Gasteiger partial charge in [-0.25, -0.2) is 0 Å². The Kier molecular flexibility index (Phi) is 20.7. The molecule has 10 N–H and O–H groups in total. The van der Waals surface area contributed by atoms with E-state index in [1.807, 2.05) is 0 Å². The van der Waals surface area contributed by atoms with Gasteiger partial charge in [-0.05, 0) is 51.9 Å². The van der Waals surface area contributed by atoms with Gasteiger partial charge >= 0.3 is 11.9 Å². The van der Waals surface area contributed by atoms with Crippen LogP contribution in [0.5, 0.6) is 0 Å². The smallest absolute Gasteiger partial charge is 0.302 e. The van der Waals surface area contributed by atoms with E-state index in [0.29, 0.717) is 51.5 Å². The Hall–Kier alpha value is -2.85. The van der Waals surface area contributed by atoms with Gasteiger partial charge in [0.05, 0.1) is 18.1 Å². The molecule has 0 aromatic rings. The predicted molar refractivity (Wildman–Crippen MR) is 180 cm³/mol. The van der Waals surface area contributed by atoms with E-state index in [2.05, 4.69) is 10.6 Å². The van der Waals surface area contributed by atoms with Gasteiger partial charge in [0.2, 0.25) is 11.8 Å². The average molecular weight is 751 g/mol. The van der Waals surface area contributed by atoms with Gasteiger partial charge in [0.25, 0.3) is 0 Å². The van der Waals surface area contributed by atoms with Crippen molar-refractivity contribution in [1.82, 2.24) is 10.6 Å². The van der Waals surface area contributed by atoms with Gasteiger partial charge in [0, 0.05) is 46.4 Å². The maximum atomic E-state index is 12.5. The fraction of sp³-hybridized carbons (Fsp3) is 0.848. The molecule has 11 atom stereocenters. The largest absolute Gasteiger partial charge is 0.463 e. The van der Waals surface area contributed by atoms with Crippen molar-refractivity contribution in [1.29, 1.82) is 0 Å². The number of ketones is 1. The highest BCUT2D eigenvalue weighted by Crippen LogP contribution is 2.23. The minimum atomic E-state index is -1.36. The second-order valence-corrected chi connectivity index (χ2v) is 13.0. The summed E-state index contributed by atoms with van der Waals surface area (Å²) in [6.07, 6.45) is -5.58. The lowest BCUT2D eigenvalue weighted by atomic mass is 9.98. The van der Waals surface area contributed by atoms with Crippen molar-refractivity contribution in [3.8, 4) is 0 Å². The second kappa shape index (κ2) is 23.7. The van der Waals surface area contributed by atoms with Crippen LogP contribution >= 0.6 is 0 Å². The van der Waals surface area contributed by atoms with Gasteiger partial charge in [0.1, 0.15) is 49.8 Å². The number of aliphatic hydroxyl groups is 4.